The van der Waals surface area contributed by atoms with E-state index < -0.39 is 36.0 Å². The van der Waals surface area contributed by atoms with Crippen LogP contribution < -0.4 is 10.6 Å². The van der Waals surface area contributed by atoms with Gasteiger partial charge < -0.3 is 25.6 Å². The third kappa shape index (κ3) is 6.60. The van der Waals surface area contributed by atoms with Gasteiger partial charge in [-0.25, -0.2) is 9.59 Å². The Bertz CT molecular complexity index is 1030. The molecule has 3 unspecified atom stereocenters. The maximum Gasteiger partial charge on any atom is 0.407 e. The molecule has 0 saturated carbocycles. The van der Waals surface area contributed by atoms with E-state index in [2.05, 4.69) is 22.8 Å². The zero-order valence-electron chi connectivity index (χ0n) is 20.6. The fourth-order valence-electron chi connectivity index (χ4n) is 4.51. The van der Waals surface area contributed by atoms with E-state index in [9.17, 15) is 24.6 Å². The van der Waals surface area contributed by atoms with Crippen LogP contribution in [0.1, 0.15) is 51.2 Å². The molecule has 0 aliphatic heterocycles. The Balaban J connectivity index is 1.63. The Morgan fingerprint density at radius 3 is 2.03 bits per heavy atom. The number of alkyl carbamates (subject to hydrolysis) is 1. The van der Waals surface area contributed by atoms with E-state index in [0.29, 0.717) is 6.42 Å². The van der Waals surface area contributed by atoms with Gasteiger partial charge in [-0.05, 0) is 41.0 Å². The number of hydrogen-bond acceptors (Lipinski definition) is 5. The molecule has 0 radical (unpaired) electrons. The van der Waals surface area contributed by atoms with Crippen LogP contribution in [0.2, 0.25) is 0 Å². The second-order valence-electron chi connectivity index (χ2n) is 10.2. The van der Waals surface area contributed by atoms with E-state index in [1.807, 2.05) is 57.2 Å². The molecule has 4 N–H and O–H groups in total. The number of aliphatic hydroxyl groups excluding tert-OH is 1. The summed E-state index contributed by atoms with van der Waals surface area (Å²) in [7, 11) is 0. The second-order valence-corrected chi connectivity index (χ2v) is 10.2. The molecule has 3 rings (SSSR count). The third-order valence-corrected chi connectivity index (χ3v) is 6.11. The first-order chi connectivity index (χ1) is 16.5. The number of fused-ring (bicyclic) bond motifs is 3. The van der Waals surface area contributed by atoms with Crippen molar-refractivity contribution in [3.8, 4) is 11.1 Å². The Morgan fingerprint density at radius 1 is 1.00 bits per heavy atom. The number of aliphatic hydroxyl groups is 1. The molecule has 3 atom stereocenters. The normalized spacial score (nSPS) is 15.3. The molecule has 188 valence electrons. The third-order valence-electron chi connectivity index (χ3n) is 6.11. The minimum atomic E-state index is -1.43. The lowest BCUT2D eigenvalue weighted by Crippen LogP contribution is -2.51. The van der Waals surface area contributed by atoms with Crippen LogP contribution >= 0.6 is 0 Å². The topological polar surface area (TPSA) is 125 Å². The number of ether oxygens (including phenoxy) is 1. The van der Waals surface area contributed by atoms with Crippen LogP contribution in [0.5, 0.6) is 0 Å². The molecule has 8 nitrogen and oxygen atoms in total. The molecule has 0 heterocycles. The van der Waals surface area contributed by atoms with Crippen molar-refractivity contribution in [1.29, 1.82) is 0 Å². The largest absolute Gasteiger partial charge is 0.480 e. The number of amides is 2. The minimum Gasteiger partial charge on any atom is -0.480 e. The first-order valence-corrected chi connectivity index (χ1v) is 11.8. The average molecular weight is 483 g/mol. The summed E-state index contributed by atoms with van der Waals surface area (Å²) < 4.78 is 5.54. The number of nitrogens with one attached hydrogen (secondary N) is 2. The SMILES string of the molecule is CC(O)C(NC(=O)C(CNC(=O)OCC1c2ccccc2-c2ccccc21)CC(C)(C)C)C(=O)O. The first-order valence-electron chi connectivity index (χ1n) is 11.8. The zero-order valence-corrected chi connectivity index (χ0v) is 20.6. The van der Waals surface area contributed by atoms with Crippen molar-refractivity contribution < 1.29 is 29.3 Å². The Morgan fingerprint density at radius 2 is 1.54 bits per heavy atom. The van der Waals surface area contributed by atoms with Crippen molar-refractivity contribution in [3.05, 3.63) is 59.7 Å². The van der Waals surface area contributed by atoms with Gasteiger partial charge >= 0.3 is 12.1 Å². The van der Waals surface area contributed by atoms with Crippen molar-refractivity contribution in [2.45, 2.75) is 52.2 Å². The minimum absolute atomic E-state index is 0.0219. The van der Waals surface area contributed by atoms with Gasteiger partial charge in [0.05, 0.1) is 12.0 Å². The highest BCUT2D eigenvalue weighted by molar-refractivity contribution is 5.86. The number of carbonyl (C=O) groups is 3. The second kappa shape index (κ2) is 10.9. The number of benzene rings is 2. The lowest BCUT2D eigenvalue weighted by molar-refractivity contribution is -0.145. The average Bonchev–Trinajstić information content (AvgIpc) is 3.11. The molecule has 2 aromatic rings. The quantitative estimate of drug-likeness (QED) is 0.433. The fourth-order valence-corrected chi connectivity index (χ4v) is 4.51. The van der Waals surface area contributed by atoms with Gasteiger partial charge in [0.1, 0.15) is 6.61 Å². The van der Waals surface area contributed by atoms with E-state index in [0.717, 1.165) is 22.3 Å². The van der Waals surface area contributed by atoms with Crippen LogP contribution in [-0.2, 0) is 14.3 Å². The maximum atomic E-state index is 12.8. The molecular formula is C27H34N2O6. The molecule has 0 saturated heterocycles. The Kier molecular flexibility index (Phi) is 8.17. The van der Waals surface area contributed by atoms with E-state index in [-0.39, 0.29) is 24.5 Å². The molecule has 2 amide bonds. The molecule has 0 aromatic heterocycles. The highest BCUT2D eigenvalue weighted by atomic mass is 16.5. The number of carboxylic acid groups (broad SMARTS) is 1. The molecule has 2 aromatic carbocycles. The molecule has 35 heavy (non-hydrogen) atoms. The predicted molar refractivity (Wildman–Crippen MR) is 132 cm³/mol. The number of hydrogen-bond donors (Lipinski definition) is 4. The highest BCUT2D eigenvalue weighted by Crippen LogP contribution is 2.44. The standard InChI is InChI=1S/C27H34N2O6/c1-16(30)23(25(32)33)29-24(31)17(13-27(2,3)4)14-28-26(34)35-15-22-20-11-7-5-9-18(20)19-10-6-8-12-21(19)22/h5-12,16-17,22-23,30H,13-15H2,1-4H3,(H,28,34)(H,29,31)(H,32,33). The van der Waals surface area contributed by atoms with Gasteiger partial charge in [-0.3, -0.25) is 4.79 Å². The maximum absolute atomic E-state index is 12.8. The number of aliphatic carboxylic acids is 1. The van der Waals surface area contributed by atoms with E-state index in [4.69, 9.17) is 4.74 Å². The van der Waals surface area contributed by atoms with Crippen molar-refractivity contribution in [2.75, 3.05) is 13.2 Å². The molecule has 0 bridgehead atoms. The van der Waals surface area contributed by atoms with Crippen LogP contribution in [0.3, 0.4) is 0 Å². The van der Waals surface area contributed by atoms with Crippen LogP contribution in [0, 0.1) is 11.3 Å². The zero-order chi connectivity index (χ0) is 25.8. The lowest BCUT2D eigenvalue weighted by atomic mass is 9.84. The van der Waals surface area contributed by atoms with Crippen LogP contribution in [0.15, 0.2) is 48.5 Å². The summed E-state index contributed by atoms with van der Waals surface area (Å²) >= 11 is 0. The molecule has 1 aliphatic rings. The van der Waals surface area contributed by atoms with Gasteiger partial charge in [0, 0.05) is 12.5 Å². The monoisotopic (exact) mass is 482 g/mol. The Hall–Kier alpha value is -3.39. The summed E-state index contributed by atoms with van der Waals surface area (Å²) in [4.78, 5) is 36.7. The van der Waals surface area contributed by atoms with Crippen molar-refractivity contribution in [2.24, 2.45) is 11.3 Å². The number of rotatable bonds is 9. The number of carboxylic acids is 1. The summed E-state index contributed by atoms with van der Waals surface area (Å²) in [5.74, 6) is -2.65. The molecule has 1 aliphatic carbocycles. The van der Waals surface area contributed by atoms with Gasteiger partial charge in [-0.2, -0.15) is 0 Å². The Labute approximate surface area is 205 Å². The molecule has 0 spiro atoms. The van der Waals surface area contributed by atoms with Crippen LogP contribution in [0.25, 0.3) is 11.1 Å². The van der Waals surface area contributed by atoms with Gasteiger partial charge in [0.25, 0.3) is 0 Å². The summed E-state index contributed by atoms with van der Waals surface area (Å²) in [5, 5.41) is 24.0. The van der Waals surface area contributed by atoms with E-state index in [1.54, 1.807) is 0 Å². The number of carbonyl (C=O) groups excluding carboxylic acids is 2. The highest BCUT2D eigenvalue weighted by Gasteiger charge is 2.32. The smallest absolute Gasteiger partial charge is 0.407 e. The van der Waals surface area contributed by atoms with Crippen molar-refractivity contribution >= 4 is 18.0 Å². The van der Waals surface area contributed by atoms with Crippen LogP contribution in [-0.4, -0.2) is 53.5 Å². The summed E-state index contributed by atoms with van der Waals surface area (Å²) in [6.07, 6.45) is -1.51. The predicted octanol–water partition coefficient (Wildman–Crippen LogP) is 3.53. The van der Waals surface area contributed by atoms with Crippen molar-refractivity contribution in [3.63, 3.8) is 0 Å². The van der Waals surface area contributed by atoms with Crippen molar-refractivity contribution in [1.82, 2.24) is 10.6 Å². The van der Waals surface area contributed by atoms with Gasteiger partial charge in [0.15, 0.2) is 6.04 Å². The molecular weight excluding hydrogens is 448 g/mol. The van der Waals surface area contributed by atoms with E-state index >= 15 is 0 Å². The summed E-state index contributed by atoms with van der Waals surface area (Å²) in [6, 6.07) is 14.6. The first kappa shape index (κ1) is 26.2. The molecule has 8 heteroatoms. The van der Waals surface area contributed by atoms with Gasteiger partial charge in [-0.1, -0.05) is 69.3 Å². The summed E-state index contributed by atoms with van der Waals surface area (Å²) in [6.45, 7) is 7.27. The fraction of sp³-hybridized carbons (Fsp3) is 0.444. The molecule has 0 fully saturated rings. The van der Waals surface area contributed by atoms with Gasteiger partial charge in [-0.15, -0.1) is 0 Å². The lowest BCUT2D eigenvalue weighted by Gasteiger charge is -2.27. The summed E-state index contributed by atoms with van der Waals surface area (Å²) in [5.41, 5.74) is 4.21. The van der Waals surface area contributed by atoms with Gasteiger partial charge in [0.2, 0.25) is 5.91 Å². The van der Waals surface area contributed by atoms with E-state index in [1.165, 1.54) is 6.92 Å². The van der Waals surface area contributed by atoms with Crippen LogP contribution in [0.4, 0.5) is 4.79 Å².